The van der Waals surface area contributed by atoms with Crippen molar-refractivity contribution in [2.45, 2.75) is 179 Å². The summed E-state index contributed by atoms with van der Waals surface area (Å²) in [5.41, 5.74) is 4.15. The van der Waals surface area contributed by atoms with Gasteiger partial charge < -0.3 is 56.8 Å². The van der Waals surface area contributed by atoms with Crippen molar-refractivity contribution in [1.82, 2.24) is 20.3 Å². The summed E-state index contributed by atoms with van der Waals surface area (Å²) >= 11 is 2.69. The molecule has 18 nitrogen and oxygen atoms in total. The van der Waals surface area contributed by atoms with Crippen LogP contribution in [-0.4, -0.2) is 93.8 Å². The number of thiazole rings is 2. The number of alkyl halides is 6. The van der Waals surface area contributed by atoms with E-state index in [2.05, 4.69) is 19.8 Å². The fourth-order valence-electron chi connectivity index (χ4n) is 13.7. The molecule has 26 heteroatoms. The van der Waals surface area contributed by atoms with Crippen LogP contribution >= 0.6 is 22.7 Å². The van der Waals surface area contributed by atoms with E-state index in [1.165, 1.54) is 60.1 Å². The number of hydrogen-bond acceptors (Lipinski definition) is 19. The SMILES string of the molecule is CC(C)Oc1cc(C(=O)O)cc2sc(OC3C4CCC3CC(OCc3c(-c5ccccc5OC(F)(F)F)noc3C3CC3)C4)nc12.COC(=O)c1cc(OC(C)C)c2nc(OC3C4CCC3CC(OCc3c(-c5ccccc5OC(F)(F)F)noc3C3CC3)C4)sc2c1. The third kappa shape index (κ3) is 14.5. The van der Waals surface area contributed by atoms with Crippen LogP contribution < -0.4 is 28.4 Å². The van der Waals surface area contributed by atoms with Crippen molar-refractivity contribution < 1.29 is 92.7 Å². The van der Waals surface area contributed by atoms with Crippen molar-refractivity contribution in [1.29, 1.82) is 0 Å². The fourth-order valence-corrected chi connectivity index (χ4v) is 15.5. The van der Waals surface area contributed by atoms with Gasteiger partial charge in [0, 0.05) is 34.1 Å². The second-order valence-corrected chi connectivity index (χ2v) is 27.3. The lowest BCUT2D eigenvalue weighted by atomic mass is 9.84. The van der Waals surface area contributed by atoms with Gasteiger partial charge in [0.25, 0.3) is 10.4 Å². The zero-order valence-corrected chi connectivity index (χ0v) is 53.0. The number of fused-ring (bicyclic) bond motifs is 6. The van der Waals surface area contributed by atoms with E-state index in [-0.39, 0.29) is 114 Å². The normalized spacial score (nSPS) is 22.7. The van der Waals surface area contributed by atoms with Gasteiger partial charge in [0.2, 0.25) is 0 Å². The summed E-state index contributed by atoms with van der Waals surface area (Å²) in [7, 11) is 1.34. The minimum absolute atomic E-state index is 0.0236. The summed E-state index contributed by atoms with van der Waals surface area (Å²) in [6, 6.07) is 18.4. The van der Waals surface area contributed by atoms with Crippen LogP contribution in [0.15, 0.2) is 81.8 Å². The number of hydrogen-bond donors (Lipinski definition) is 1. The van der Waals surface area contributed by atoms with Gasteiger partial charge in [-0.3, -0.25) is 0 Å². The van der Waals surface area contributed by atoms with Gasteiger partial charge in [-0.05, 0) is 177 Å². The van der Waals surface area contributed by atoms with Gasteiger partial charge in [-0.15, -0.1) is 26.3 Å². The van der Waals surface area contributed by atoms with Gasteiger partial charge in [0.1, 0.15) is 69.1 Å². The van der Waals surface area contributed by atoms with Crippen molar-refractivity contribution in [3.05, 3.63) is 107 Å². The molecule has 6 fully saturated rings. The molecule has 6 saturated carbocycles. The number of carbonyl (C=O) groups excluding carboxylic acids is 1. The van der Waals surface area contributed by atoms with Crippen molar-refractivity contribution in [2.24, 2.45) is 23.7 Å². The predicted molar refractivity (Wildman–Crippen MR) is 327 cm³/mol. The Labute approximate surface area is 538 Å². The first kappa shape index (κ1) is 64.0. The standard InChI is InChI=1S/C34H35F3N2O7S.C33H33F3N2O7S/c1-17(2)43-26-14-21(32(40)41-3)15-27-29(26)38-33(47-27)44-30-19-10-11-20(30)13-22(12-19)42-16-24-28(39-46-31(24)18-8-9-18)23-6-4-5-7-25(23)45-34(35,36)37;1-16(2)42-25-13-20(31(39)40)14-26-28(25)37-32(46-26)43-29-18-9-10-19(29)12-21(11-18)41-15-23-27(38-45-30(23)17-7-8-17)22-5-3-4-6-24(22)44-33(34,35)36/h4-7,14-15,17-20,22,30H,8-13,16H2,1-3H3;3-6,13-14,16-19,21,29H,7-12,15H2,1-2H3,(H,39,40). The van der Waals surface area contributed by atoms with E-state index in [4.69, 9.17) is 52.2 Å². The van der Waals surface area contributed by atoms with E-state index in [0.29, 0.717) is 77.2 Å². The lowest BCUT2D eigenvalue weighted by molar-refractivity contribution is -0.275. The summed E-state index contributed by atoms with van der Waals surface area (Å²) in [5.74, 6) is 1.49. The van der Waals surface area contributed by atoms with Crippen molar-refractivity contribution in [3.63, 3.8) is 0 Å². The molecule has 0 saturated heterocycles. The molecular formula is C67H68F6N4O14S2. The van der Waals surface area contributed by atoms with Gasteiger partial charge in [0.15, 0.2) is 0 Å². The number of carbonyl (C=O) groups is 2. The first-order valence-electron chi connectivity index (χ1n) is 31.4. The largest absolute Gasteiger partial charge is 0.573 e. The maximum atomic E-state index is 13.2. The molecule has 14 rings (SSSR count). The number of aromatic nitrogens is 4. The van der Waals surface area contributed by atoms with Crippen LogP contribution in [0, 0.1) is 23.7 Å². The van der Waals surface area contributed by atoms with Crippen LogP contribution in [0.1, 0.15) is 160 Å². The van der Waals surface area contributed by atoms with E-state index in [1.807, 2.05) is 27.7 Å². The molecule has 0 aliphatic heterocycles. The number of rotatable bonds is 22. The first-order chi connectivity index (χ1) is 44.6. The number of carboxylic acid groups (broad SMARTS) is 1. The number of ether oxygens (including phenoxy) is 9. The van der Waals surface area contributed by atoms with Crippen LogP contribution in [-0.2, 0) is 27.4 Å². The molecule has 6 aliphatic rings. The highest BCUT2D eigenvalue weighted by atomic mass is 32.1. The van der Waals surface area contributed by atoms with Gasteiger partial charge in [-0.2, -0.15) is 9.97 Å². The summed E-state index contributed by atoms with van der Waals surface area (Å²) in [6.07, 6.45) is 0.709. The zero-order valence-electron chi connectivity index (χ0n) is 51.4. The molecular weight excluding hydrogens is 1260 g/mol. The summed E-state index contributed by atoms with van der Waals surface area (Å²) in [6.45, 7) is 7.92. The van der Waals surface area contributed by atoms with Crippen LogP contribution in [0.2, 0.25) is 0 Å². The molecule has 4 unspecified atom stereocenters. The van der Waals surface area contributed by atoms with Crippen LogP contribution in [0.5, 0.6) is 33.4 Å². The second-order valence-electron chi connectivity index (χ2n) is 25.3. The molecule has 1 N–H and O–H groups in total. The highest BCUT2D eigenvalue weighted by Gasteiger charge is 2.48. The van der Waals surface area contributed by atoms with Gasteiger partial charge in [-0.25, -0.2) is 9.59 Å². The lowest BCUT2D eigenvalue weighted by Gasteiger charge is -2.34. The molecule has 0 spiro atoms. The highest BCUT2D eigenvalue weighted by molar-refractivity contribution is 7.20. The number of methoxy groups -OCH3 is 1. The fraction of sp³-hybridized carbons (Fsp3) is 0.493. The summed E-state index contributed by atoms with van der Waals surface area (Å²) in [5, 5.41) is 19.0. The number of aromatic carboxylic acids is 1. The lowest BCUT2D eigenvalue weighted by Crippen LogP contribution is -2.38. The number of para-hydroxylation sites is 2. The number of carboxylic acids is 1. The Hall–Kier alpha value is -7.68. The molecule has 494 valence electrons. The molecule has 4 aromatic heterocycles. The molecule has 4 atom stereocenters. The average Bonchev–Trinajstić information content (AvgIpc) is 1.73. The van der Waals surface area contributed by atoms with Gasteiger partial charge in [0.05, 0.1) is 65.3 Å². The van der Waals surface area contributed by atoms with Crippen LogP contribution in [0.25, 0.3) is 42.9 Å². The smallest absolute Gasteiger partial charge is 0.489 e. The third-order valence-electron chi connectivity index (χ3n) is 17.9. The van der Waals surface area contributed by atoms with E-state index in [1.54, 1.807) is 42.5 Å². The Kier molecular flexibility index (Phi) is 18.1. The summed E-state index contributed by atoms with van der Waals surface area (Å²) in [4.78, 5) is 33.4. The summed E-state index contributed by atoms with van der Waals surface area (Å²) < 4.78 is 143. The molecule has 0 amide bonds. The molecule has 8 aromatic rings. The molecule has 6 aliphatic carbocycles. The van der Waals surface area contributed by atoms with Crippen LogP contribution in [0.3, 0.4) is 0 Å². The predicted octanol–water partition coefficient (Wildman–Crippen LogP) is 16.8. The minimum Gasteiger partial charge on any atom is -0.489 e. The second kappa shape index (κ2) is 26.3. The van der Waals surface area contributed by atoms with Gasteiger partial charge >= 0.3 is 24.7 Å². The molecule has 0 radical (unpaired) electrons. The number of halogens is 6. The van der Waals surface area contributed by atoms with Crippen molar-refractivity contribution >= 4 is 55.0 Å². The quantitative estimate of drug-likeness (QED) is 0.0493. The minimum atomic E-state index is -4.84. The molecule has 93 heavy (non-hydrogen) atoms. The number of nitrogens with zero attached hydrogens (tertiary/aromatic N) is 4. The van der Waals surface area contributed by atoms with Crippen molar-refractivity contribution in [2.75, 3.05) is 7.11 Å². The molecule has 4 aromatic carbocycles. The number of benzene rings is 4. The highest BCUT2D eigenvalue weighted by Crippen LogP contribution is 2.52. The van der Waals surface area contributed by atoms with E-state index >= 15 is 0 Å². The van der Waals surface area contributed by atoms with Crippen molar-refractivity contribution in [3.8, 4) is 55.9 Å². The average molecular weight is 1330 g/mol. The Morgan fingerprint density at radius 2 is 0.968 bits per heavy atom. The monoisotopic (exact) mass is 1330 g/mol. The maximum absolute atomic E-state index is 13.2. The Balaban J connectivity index is 0.000000169. The van der Waals surface area contributed by atoms with E-state index in [9.17, 15) is 41.0 Å². The maximum Gasteiger partial charge on any atom is 0.573 e. The Morgan fingerprint density at radius 3 is 1.34 bits per heavy atom. The molecule has 4 heterocycles. The Bertz CT molecular complexity index is 4000. The Morgan fingerprint density at radius 1 is 0.570 bits per heavy atom. The topological polar surface area (TPSA) is 215 Å². The first-order valence-corrected chi connectivity index (χ1v) is 33.0. The third-order valence-corrected chi connectivity index (χ3v) is 19.7. The number of esters is 1. The van der Waals surface area contributed by atoms with Gasteiger partial charge in [-0.1, -0.05) is 57.3 Å². The van der Waals surface area contributed by atoms with Crippen LogP contribution in [0.4, 0.5) is 26.3 Å². The zero-order chi connectivity index (χ0) is 65.0. The van der Waals surface area contributed by atoms with E-state index < -0.39 is 24.7 Å². The van der Waals surface area contributed by atoms with E-state index in [0.717, 1.165) is 81.7 Å². The molecule has 4 bridgehead atoms.